The summed E-state index contributed by atoms with van der Waals surface area (Å²) in [7, 11) is 0. The molecule has 0 aromatic heterocycles. The highest BCUT2D eigenvalue weighted by Crippen LogP contribution is 2.04. The molecule has 0 radical (unpaired) electrons. The Bertz CT molecular complexity index is 1510. The minimum absolute atomic E-state index is 0.0136. The molecule has 0 saturated heterocycles. The van der Waals surface area contributed by atoms with Crippen molar-refractivity contribution in [2.45, 2.75) is 45.4 Å². The molecule has 0 heterocycles. The monoisotopic (exact) mass is 1320 g/mol. The third-order valence-electron chi connectivity index (χ3n) is 15.4. The van der Waals surface area contributed by atoms with Gasteiger partial charge in [0.2, 0.25) is 0 Å². The van der Waals surface area contributed by atoms with E-state index >= 15 is 0 Å². The van der Waals surface area contributed by atoms with Gasteiger partial charge in [0.15, 0.2) is 0 Å². The van der Waals surface area contributed by atoms with E-state index in [2.05, 4.69) is 83.0 Å². The molecule has 550 valence electrons. The minimum atomic E-state index is -0.493. The average molecular weight is 1320 g/mol. The van der Waals surface area contributed by atoms with Gasteiger partial charge in [0, 0.05) is 294 Å². The fourth-order valence-corrected chi connectivity index (χ4v) is 10.1. The van der Waals surface area contributed by atoms with E-state index < -0.39 is 5.97 Å². The van der Waals surface area contributed by atoms with Gasteiger partial charge in [-0.3, -0.25) is 34.2 Å². The quantitative estimate of drug-likeness (QED) is 0.0153. The number of nitrogens with zero attached hydrogens (tertiary/aromatic N) is 8. The number of carbonyl (C=O) groups excluding carboxylic acids is 2. The Labute approximate surface area is 560 Å². The topological polar surface area (TPSA) is 449 Å². The molecule has 29 N–H and O–H groups in total. The van der Waals surface area contributed by atoms with Crippen molar-refractivity contribution in [3.63, 3.8) is 0 Å². The van der Waals surface area contributed by atoms with Crippen molar-refractivity contribution >= 4 is 11.9 Å². The summed E-state index contributed by atoms with van der Waals surface area (Å²) < 4.78 is 10.00. The van der Waals surface area contributed by atoms with Crippen LogP contribution in [0.5, 0.6) is 0 Å². The Morgan fingerprint density at radius 3 is 0.793 bits per heavy atom. The molecule has 0 aliphatic heterocycles. The Kier molecular flexibility index (Phi) is 72.7. The zero-order valence-electron chi connectivity index (χ0n) is 58.6. The zero-order valence-corrected chi connectivity index (χ0v) is 58.6. The number of hydrogen-bond donors (Lipinski definition) is 18. The van der Waals surface area contributed by atoms with Crippen molar-refractivity contribution in [2.75, 3.05) is 334 Å². The van der Waals surface area contributed by atoms with Crippen LogP contribution in [0, 0.1) is 0 Å². The van der Waals surface area contributed by atoms with Crippen LogP contribution in [0.1, 0.15) is 45.4 Å². The zero-order chi connectivity index (χ0) is 68.0. The van der Waals surface area contributed by atoms with Crippen molar-refractivity contribution in [1.29, 1.82) is 0 Å². The van der Waals surface area contributed by atoms with Crippen molar-refractivity contribution in [3.05, 3.63) is 12.2 Å². The van der Waals surface area contributed by atoms with Crippen LogP contribution in [0.15, 0.2) is 12.2 Å². The number of esters is 2. The average Bonchev–Trinajstić information content (AvgIpc) is 3.65. The Morgan fingerprint density at radius 1 is 0.272 bits per heavy atom. The molecular formula is C62H148N26O4. The van der Waals surface area contributed by atoms with E-state index in [1.807, 2.05) is 0 Å². The van der Waals surface area contributed by atoms with Crippen molar-refractivity contribution < 1.29 is 19.1 Å². The molecule has 0 spiro atoms. The van der Waals surface area contributed by atoms with Crippen LogP contribution in [-0.4, -0.2) is 385 Å². The fourth-order valence-electron chi connectivity index (χ4n) is 10.1. The van der Waals surface area contributed by atoms with E-state index in [0.29, 0.717) is 84.1 Å². The number of nitrogens with two attached hydrogens (primary N) is 11. The minimum Gasteiger partial charge on any atom is -0.461 e. The van der Waals surface area contributed by atoms with Gasteiger partial charge in [0.1, 0.15) is 13.2 Å². The van der Waals surface area contributed by atoms with Gasteiger partial charge >= 0.3 is 11.9 Å². The molecule has 92 heavy (non-hydrogen) atoms. The summed E-state index contributed by atoms with van der Waals surface area (Å²) in [6, 6.07) is 0. The first kappa shape index (κ1) is 91.7. The summed E-state index contributed by atoms with van der Waals surface area (Å²) in [5, 5.41) is 24.0. The second-order valence-electron chi connectivity index (χ2n) is 23.3. The maximum absolute atomic E-state index is 11.9. The Balaban J connectivity index is 0. The Hall–Kier alpha value is -2.36. The lowest BCUT2D eigenvalue weighted by molar-refractivity contribution is -0.149. The highest BCUT2D eigenvalue weighted by Gasteiger charge is 2.15. The van der Waals surface area contributed by atoms with E-state index in [9.17, 15) is 9.59 Å². The molecule has 30 nitrogen and oxygen atoms in total. The fraction of sp³-hybridized carbons (Fsp3) is 0.935. The van der Waals surface area contributed by atoms with E-state index in [1.54, 1.807) is 6.92 Å². The lowest BCUT2D eigenvalue weighted by atomic mass is 10.2. The molecule has 0 amide bonds. The third-order valence-corrected chi connectivity index (χ3v) is 15.4. The number of rotatable bonds is 73. The smallest absolute Gasteiger partial charge is 0.333 e. The van der Waals surface area contributed by atoms with Gasteiger partial charge in [0.25, 0.3) is 0 Å². The van der Waals surface area contributed by atoms with Gasteiger partial charge in [-0.15, -0.1) is 0 Å². The summed E-state index contributed by atoms with van der Waals surface area (Å²) in [4.78, 5) is 42.9. The number of carbonyl (C=O) groups is 2. The van der Waals surface area contributed by atoms with Gasteiger partial charge in [-0.25, -0.2) is 4.79 Å². The number of nitrogens with one attached hydrogen (secondary N) is 7. The number of hydrogen-bond acceptors (Lipinski definition) is 30. The molecule has 0 fully saturated rings. The number of ether oxygens (including phenoxy) is 2. The van der Waals surface area contributed by atoms with Gasteiger partial charge in [-0.1, -0.05) is 19.4 Å². The van der Waals surface area contributed by atoms with Crippen LogP contribution in [0.2, 0.25) is 0 Å². The second-order valence-corrected chi connectivity index (χ2v) is 23.3. The van der Waals surface area contributed by atoms with Crippen LogP contribution in [0.25, 0.3) is 0 Å². The molecule has 30 heteroatoms. The largest absolute Gasteiger partial charge is 0.461 e. The normalized spacial score (nSPS) is 11.9. The molecule has 0 aromatic rings. The molecule has 0 saturated carbocycles. The summed E-state index contributed by atoms with van der Waals surface area (Å²) >= 11 is 0. The van der Waals surface area contributed by atoms with Crippen LogP contribution in [0.3, 0.4) is 0 Å². The van der Waals surface area contributed by atoms with Crippen molar-refractivity contribution in [3.8, 4) is 0 Å². The first-order valence-electron chi connectivity index (χ1n) is 35.4. The first-order valence-corrected chi connectivity index (χ1v) is 35.4. The van der Waals surface area contributed by atoms with E-state index in [1.165, 1.54) is 19.3 Å². The predicted molar refractivity (Wildman–Crippen MR) is 386 cm³/mol. The predicted octanol–water partition coefficient (Wildman–Crippen LogP) is -7.94. The second kappa shape index (κ2) is 72.9. The standard InChI is InChI=1S/C35H79N13O4.C27H69N13/c1-33(2)35(50)52-31-30-51-34(49)32-44-17-25-47(21-10-40)22-14-41-11-4-3-5-18-45(26-28-46(19-8-38)20-9-39)27-29-48(23-15-42-12-6-36)24-16-43-13-7-37;28-4-11-35-14-22-40(23-15-36-12-5-29)27-25-37(24-26-39(19-8-32)20-9-33)16-3-1-2-10-34-13-21-38(17-6-30)18-7-31/h41-44H,1,3-32,36-40H2,2H3;34-36H,1-33H2. The maximum Gasteiger partial charge on any atom is 0.333 e. The molecule has 0 aliphatic carbocycles. The van der Waals surface area contributed by atoms with Gasteiger partial charge < -0.3 is 120 Å². The lowest BCUT2D eigenvalue weighted by Crippen LogP contribution is -2.45. The molecule has 0 rings (SSSR count). The highest BCUT2D eigenvalue weighted by molar-refractivity contribution is 5.86. The van der Waals surface area contributed by atoms with Crippen molar-refractivity contribution in [1.82, 2.24) is 76.4 Å². The Morgan fingerprint density at radius 2 is 0.511 bits per heavy atom. The van der Waals surface area contributed by atoms with Crippen LogP contribution < -0.4 is 100 Å². The molecule has 0 unspecified atom stereocenters. The van der Waals surface area contributed by atoms with Crippen molar-refractivity contribution in [2.24, 2.45) is 63.1 Å². The van der Waals surface area contributed by atoms with Crippen LogP contribution in [-0.2, 0) is 19.1 Å². The molecule has 0 aliphatic rings. The first-order chi connectivity index (χ1) is 44.9. The van der Waals surface area contributed by atoms with E-state index in [0.717, 1.165) is 255 Å². The van der Waals surface area contributed by atoms with E-state index in [4.69, 9.17) is 72.5 Å². The van der Waals surface area contributed by atoms with Gasteiger partial charge in [-0.05, 0) is 58.8 Å². The SMILES string of the molecule is C=C(C)C(=O)OCCOC(=O)CNCCN(CCN)CCNCCCCCN(CCN(CCN)CCN)CCN(CCNCCN)CCNCCN.NCCNCCN(CCNCCN)CCN(CCCCCNCCN(CCN)CCN)CCN(CCN)CCN. The van der Waals surface area contributed by atoms with Crippen LogP contribution >= 0.6 is 0 Å². The van der Waals surface area contributed by atoms with Crippen LogP contribution in [0.4, 0.5) is 0 Å². The summed E-state index contributed by atoms with van der Waals surface area (Å²) in [5.41, 5.74) is 63.6. The highest BCUT2D eigenvalue weighted by atomic mass is 16.6. The third kappa shape index (κ3) is 62.4. The molecule has 0 atom stereocenters. The molecular weight excluding hydrogens is 1170 g/mol. The molecule has 0 bridgehead atoms. The molecule has 0 aromatic carbocycles. The van der Waals surface area contributed by atoms with Gasteiger partial charge in [-0.2, -0.15) is 0 Å². The number of unbranched alkanes of at least 4 members (excludes halogenated alkanes) is 4. The van der Waals surface area contributed by atoms with E-state index in [-0.39, 0.29) is 25.7 Å². The maximum atomic E-state index is 11.9. The summed E-state index contributed by atoms with van der Waals surface area (Å²) in [5.74, 6) is -0.881. The lowest BCUT2D eigenvalue weighted by Gasteiger charge is -2.30. The summed E-state index contributed by atoms with van der Waals surface area (Å²) in [6.07, 6.45) is 7.07. The summed E-state index contributed by atoms with van der Waals surface area (Å²) in [6.45, 7) is 47.3. The van der Waals surface area contributed by atoms with Gasteiger partial charge in [0.05, 0.1) is 6.54 Å².